The van der Waals surface area contributed by atoms with Crippen LogP contribution in [0.4, 0.5) is 4.79 Å². The fourth-order valence-electron chi connectivity index (χ4n) is 3.46. The molecule has 2 aliphatic rings. The summed E-state index contributed by atoms with van der Waals surface area (Å²) in [5.74, 6) is 0.887. The number of nitrogens with zero attached hydrogens (tertiary/aromatic N) is 2. The molecule has 1 aromatic rings. The molecule has 2 fully saturated rings. The predicted molar refractivity (Wildman–Crippen MR) is 99.3 cm³/mol. The Bertz CT molecular complexity index is 649. The van der Waals surface area contributed by atoms with Crippen LogP contribution in [-0.2, 0) is 11.2 Å². The Kier molecular flexibility index (Phi) is 5.98. The van der Waals surface area contributed by atoms with Gasteiger partial charge in [0.2, 0.25) is 5.91 Å². The lowest BCUT2D eigenvalue weighted by molar-refractivity contribution is -0.131. The van der Waals surface area contributed by atoms with Gasteiger partial charge in [-0.3, -0.25) is 9.69 Å². The van der Waals surface area contributed by atoms with Crippen LogP contribution >= 0.6 is 0 Å². The number of carbonyl (C=O) groups is 2. The summed E-state index contributed by atoms with van der Waals surface area (Å²) in [5.41, 5.74) is 1.08. The van der Waals surface area contributed by atoms with Crippen LogP contribution in [0.1, 0.15) is 19.4 Å². The number of benzene rings is 1. The minimum absolute atomic E-state index is 0.0218. The average Bonchev–Trinajstić information content (AvgIpc) is 2.63. The zero-order valence-electron chi connectivity index (χ0n) is 15.5. The van der Waals surface area contributed by atoms with E-state index in [2.05, 4.69) is 15.5 Å². The van der Waals surface area contributed by atoms with E-state index in [1.807, 2.05) is 38.1 Å². The maximum Gasteiger partial charge on any atom is 0.317 e. The second-order valence-corrected chi connectivity index (χ2v) is 7.05. The molecule has 1 unspecified atom stereocenters. The predicted octanol–water partition coefficient (Wildman–Crippen LogP) is 0.842. The molecule has 142 valence electrons. The SMILES string of the molecule is CC(C)Oc1ccccc1CCNC(=O)N1CCN2CCNC(=O)C2C1. The van der Waals surface area contributed by atoms with Crippen molar-refractivity contribution in [3.8, 4) is 5.75 Å². The molecule has 0 spiro atoms. The number of ether oxygens (including phenoxy) is 1. The fourth-order valence-corrected chi connectivity index (χ4v) is 3.46. The Morgan fingerprint density at radius 3 is 2.92 bits per heavy atom. The normalized spacial score (nSPS) is 20.5. The Balaban J connectivity index is 1.50. The monoisotopic (exact) mass is 360 g/mol. The first kappa shape index (κ1) is 18.5. The van der Waals surface area contributed by atoms with Gasteiger partial charge in [-0.15, -0.1) is 0 Å². The number of hydrogen-bond donors (Lipinski definition) is 2. The summed E-state index contributed by atoms with van der Waals surface area (Å²) < 4.78 is 5.82. The summed E-state index contributed by atoms with van der Waals surface area (Å²) >= 11 is 0. The molecule has 0 bridgehead atoms. The van der Waals surface area contributed by atoms with Crippen molar-refractivity contribution in [3.05, 3.63) is 29.8 Å². The van der Waals surface area contributed by atoms with Crippen LogP contribution < -0.4 is 15.4 Å². The largest absolute Gasteiger partial charge is 0.491 e. The van der Waals surface area contributed by atoms with Crippen LogP contribution in [0, 0.1) is 0 Å². The highest BCUT2D eigenvalue weighted by atomic mass is 16.5. The quantitative estimate of drug-likeness (QED) is 0.816. The molecular weight excluding hydrogens is 332 g/mol. The molecule has 0 saturated carbocycles. The molecule has 2 N–H and O–H groups in total. The fraction of sp³-hybridized carbons (Fsp3) is 0.579. The molecule has 1 aromatic carbocycles. The van der Waals surface area contributed by atoms with Crippen LogP contribution in [0.3, 0.4) is 0 Å². The van der Waals surface area contributed by atoms with Crippen LogP contribution in [0.2, 0.25) is 0 Å². The van der Waals surface area contributed by atoms with Gasteiger partial charge in [-0.05, 0) is 31.9 Å². The van der Waals surface area contributed by atoms with E-state index in [4.69, 9.17) is 4.74 Å². The van der Waals surface area contributed by atoms with Crippen molar-refractivity contribution in [2.45, 2.75) is 32.4 Å². The van der Waals surface area contributed by atoms with Crippen LogP contribution in [0.5, 0.6) is 5.75 Å². The van der Waals surface area contributed by atoms with E-state index in [9.17, 15) is 9.59 Å². The van der Waals surface area contributed by atoms with Crippen molar-refractivity contribution >= 4 is 11.9 Å². The highest BCUT2D eigenvalue weighted by molar-refractivity contribution is 5.84. The summed E-state index contributed by atoms with van der Waals surface area (Å²) in [5, 5.41) is 5.85. The number of rotatable bonds is 5. The first-order valence-corrected chi connectivity index (χ1v) is 9.33. The van der Waals surface area contributed by atoms with Crippen LogP contribution in [0.25, 0.3) is 0 Å². The molecule has 26 heavy (non-hydrogen) atoms. The molecule has 3 rings (SSSR count). The van der Waals surface area contributed by atoms with E-state index < -0.39 is 0 Å². The molecular formula is C19H28N4O3. The summed E-state index contributed by atoms with van der Waals surface area (Å²) in [6, 6.07) is 7.58. The number of para-hydroxylation sites is 1. The second kappa shape index (κ2) is 8.40. The minimum Gasteiger partial charge on any atom is -0.491 e. The molecule has 2 saturated heterocycles. The number of hydrogen-bond acceptors (Lipinski definition) is 4. The van der Waals surface area contributed by atoms with E-state index >= 15 is 0 Å². The van der Waals surface area contributed by atoms with Crippen molar-refractivity contribution in [2.24, 2.45) is 0 Å². The maximum atomic E-state index is 12.5. The Morgan fingerprint density at radius 2 is 2.12 bits per heavy atom. The number of piperazine rings is 2. The topological polar surface area (TPSA) is 73.9 Å². The molecule has 3 amide bonds. The van der Waals surface area contributed by atoms with Gasteiger partial charge in [0.05, 0.1) is 6.10 Å². The Morgan fingerprint density at radius 1 is 1.31 bits per heavy atom. The molecule has 1 atom stereocenters. The third kappa shape index (κ3) is 4.46. The number of amides is 3. The average molecular weight is 360 g/mol. The van der Waals surface area contributed by atoms with Crippen LogP contribution in [0.15, 0.2) is 24.3 Å². The molecule has 0 radical (unpaired) electrons. The van der Waals surface area contributed by atoms with E-state index in [-0.39, 0.29) is 24.1 Å². The standard InChI is InChI=1S/C19H28N4O3/c1-14(2)26-17-6-4-3-5-15(17)7-8-21-19(25)23-12-11-22-10-9-20-18(24)16(22)13-23/h3-6,14,16H,7-13H2,1-2H3,(H,20,24)(H,21,25). The van der Waals surface area contributed by atoms with Crippen molar-refractivity contribution < 1.29 is 14.3 Å². The minimum atomic E-state index is -0.219. The number of nitrogens with one attached hydrogen (secondary N) is 2. The first-order valence-electron chi connectivity index (χ1n) is 9.33. The van der Waals surface area contributed by atoms with Crippen molar-refractivity contribution in [1.82, 2.24) is 20.4 Å². The molecule has 7 nitrogen and oxygen atoms in total. The number of fused-ring (bicyclic) bond motifs is 1. The first-order chi connectivity index (χ1) is 12.5. The van der Waals surface area contributed by atoms with Gasteiger partial charge in [0, 0.05) is 39.3 Å². The number of urea groups is 1. The molecule has 0 aliphatic carbocycles. The highest BCUT2D eigenvalue weighted by Crippen LogP contribution is 2.19. The zero-order valence-corrected chi connectivity index (χ0v) is 15.5. The molecule has 2 aliphatic heterocycles. The lowest BCUT2D eigenvalue weighted by atomic mass is 10.1. The van der Waals surface area contributed by atoms with E-state index in [0.717, 1.165) is 24.4 Å². The van der Waals surface area contributed by atoms with E-state index in [1.165, 1.54) is 0 Å². The zero-order chi connectivity index (χ0) is 18.5. The lowest BCUT2D eigenvalue weighted by Crippen LogP contribution is -2.65. The summed E-state index contributed by atoms with van der Waals surface area (Å²) in [6.07, 6.45) is 0.821. The van der Waals surface area contributed by atoms with Gasteiger partial charge < -0.3 is 20.3 Å². The van der Waals surface area contributed by atoms with Crippen LogP contribution in [-0.4, -0.2) is 73.2 Å². The maximum absolute atomic E-state index is 12.5. The number of carbonyl (C=O) groups excluding carboxylic acids is 2. The van der Waals surface area contributed by atoms with Gasteiger partial charge in [0.15, 0.2) is 0 Å². The third-order valence-corrected chi connectivity index (χ3v) is 4.79. The Hall–Kier alpha value is -2.28. The smallest absolute Gasteiger partial charge is 0.317 e. The van der Waals surface area contributed by atoms with E-state index in [1.54, 1.807) is 4.90 Å². The van der Waals surface area contributed by atoms with Crippen molar-refractivity contribution in [1.29, 1.82) is 0 Å². The third-order valence-electron chi connectivity index (χ3n) is 4.79. The molecule has 7 heteroatoms. The van der Waals surface area contributed by atoms with Gasteiger partial charge in [-0.1, -0.05) is 18.2 Å². The Labute approximate surface area is 154 Å². The van der Waals surface area contributed by atoms with E-state index in [0.29, 0.717) is 32.6 Å². The van der Waals surface area contributed by atoms with Gasteiger partial charge in [-0.25, -0.2) is 4.79 Å². The molecule has 2 heterocycles. The molecule has 0 aromatic heterocycles. The van der Waals surface area contributed by atoms with Gasteiger partial charge in [0.1, 0.15) is 11.8 Å². The second-order valence-electron chi connectivity index (χ2n) is 7.05. The van der Waals surface area contributed by atoms with Gasteiger partial charge >= 0.3 is 6.03 Å². The van der Waals surface area contributed by atoms with Crippen molar-refractivity contribution in [2.75, 3.05) is 39.3 Å². The van der Waals surface area contributed by atoms with Gasteiger partial charge in [0.25, 0.3) is 0 Å². The highest BCUT2D eigenvalue weighted by Gasteiger charge is 2.36. The summed E-state index contributed by atoms with van der Waals surface area (Å²) in [6.45, 7) is 7.94. The summed E-state index contributed by atoms with van der Waals surface area (Å²) in [4.78, 5) is 28.4. The van der Waals surface area contributed by atoms with Gasteiger partial charge in [-0.2, -0.15) is 0 Å². The lowest BCUT2D eigenvalue weighted by Gasteiger charge is -2.42. The summed E-state index contributed by atoms with van der Waals surface area (Å²) in [7, 11) is 0. The van der Waals surface area contributed by atoms with Crippen molar-refractivity contribution in [3.63, 3.8) is 0 Å².